The third-order valence-electron chi connectivity index (χ3n) is 4.99. The Bertz CT molecular complexity index is 1420. The summed E-state index contributed by atoms with van der Waals surface area (Å²) in [4.78, 5) is 43.7. The summed E-state index contributed by atoms with van der Waals surface area (Å²) in [5, 5.41) is 2.88. The lowest BCUT2D eigenvalue weighted by Gasteiger charge is -2.11. The fraction of sp³-hybridized carbons (Fsp3) is 0.130. The third-order valence-corrected chi connectivity index (χ3v) is 4.99. The van der Waals surface area contributed by atoms with Gasteiger partial charge in [0.2, 0.25) is 0 Å². The first-order valence-corrected chi connectivity index (χ1v) is 9.54. The van der Waals surface area contributed by atoms with Gasteiger partial charge < -0.3 is 10.1 Å². The summed E-state index contributed by atoms with van der Waals surface area (Å²) in [5.41, 5.74) is 2.11. The maximum Gasteiger partial charge on any atom is 0.329 e. The van der Waals surface area contributed by atoms with Crippen LogP contribution in [-0.4, -0.2) is 27.6 Å². The fourth-order valence-electron chi connectivity index (χ4n) is 3.39. The molecule has 2 heterocycles. The number of anilines is 1. The van der Waals surface area contributed by atoms with E-state index in [-0.39, 0.29) is 16.6 Å². The zero-order chi connectivity index (χ0) is 22.1. The number of aromatic amines is 1. The van der Waals surface area contributed by atoms with Crippen molar-refractivity contribution in [3.05, 3.63) is 86.7 Å². The Morgan fingerprint density at radius 2 is 1.81 bits per heavy atom. The van der Waals surface area contributed by atoms with Gasteiger partial charge >= 0.3 is 5.69 Å². The number of H-pyrrole nitrogens is 1. The average Bonchev–Trinajstić information content (AvgIpc) is 2.77. The SMILES string of the molecule is COc1cccc(-c2ccc(NC(=O)c3cc(C)nc4c3c(=O)[nH]c(=O)n4C)cc2)c1. The summed E-state index contributed by atoms with van der Waals surface area (Å²) >= 11 is 0. The van der Waals surface area contributed by atoms with Crippen molar-refractivity contribution < 1.29 is 9.53 Å². The van der Waals surface area contributed by atoms with Crippen molar-refractivity contribution in [3.8, 4) is 16.9 Å². The number of fused-ring (bicyclic) bond motifs is 1. The molecule has 0 atom stereocenters. The molecule has 0 aliphatic carbocycles. The molecule has 0 saturated carbocycles. The smallest absolute Gasteiger partial charge is 0.329 e. The van der Waals surface area contributed by atoms with Gasteiger partial charge in [0.1, 0.15) is 11.4 Å². The second kappa shape index (κ2) is 7.91. The largest absolute Gasteiger partial charge is 0.497 e. The molecule has 0 bridgehead atoms. The van der Waals surface area contributed by atoms with Gasteiger partial charge in [-0.1, -0.05) is 24.3 Å². The zero-order valence-corrected chi connectivity index (χ0v) is 17.2. The van der Waals surface area contributed by atoms with Crippen LogP contribution in [0.2, 0.25) is 0 Å². The quantitative estimate of drug-likeness (QED) is 0.532. The molecule has 8 nitrogen and oxygen atoms in total. The van der Waals surface area contributed by atoms with Crippen LogP contribution in [0.25, 0.3) is 22.2 Å². The highest BCUT2D eigenvalue weighted by Gasteiger charge is 2.18. The van der Waals surface area contributed by atoms with Gasteiger partial charge in [0, 0.05) is 18.4 Å². The molecule has 0 fully saturated rings. The van der Waals surface area contributed by atoms with Gasteiger partial charge in [-0.25, -0.2) is 9.78 Å². The Balaban J connectivity index is 1.67. The van der Waals surface area contributed by atoms with Gasteiger partial charge in [0.25, 0.3) is 11.5 Å². The summed E-state index contributed by atoms with van der Waals surface area (Å²) in [7, 11) is 3.11. The molecule has 1 amide bonds. The fourth-order valence-corrected chi connectivity index (χ4v) is 3.39. The lowest BCUT2D eigenvalue weighted by Crippen LogP contribution is -2.30. The molecule has 2 aromatic heterocycles. The van der Waals surface area contributed by atoms with E-state index in [4.69, 9.17) is 4.74 Å². The molecule has 2 aromatic carbocycles. The average molecular weight is 416 g/mol. The van der Waals surface area contributed by atoms with Crippen LogP contribution >= 0.6 is 0 Å². The lowest BCUT2D eigenvalue weighted by molar-refractivity contribution is 0.102. The van der Waals surface area contributed by atoms with E-state index >= 15 is 0 Å². The van der Waals surface area contributed by atoms with Gasteiger partial charge in [0.15, 0.2) is 0 Å². The number of carbonyl (C=O) groups excluding carboxylic acids is 1. The van der Waals surface area contributed by atoms with Crippen molar-refractivity contribution in [2.45, 2.75) is 6.92 Å². The second-order valence-corrected chi connectivity index (χ2v) is 7.09. The van der Waals surface area contributed by atoms with Crippen LogP contribution in [0.5, 0.6) is 5.75 Å². The number of amides is 1. The number of methoxy groups -OCH3 is 1. The number of carbonyl (C=O) groups is 1. The Morgan fingerprint density at radius 3 is 2.52 bits per heavy atom. The van der Waals surface area contributed by atoms with Gasteiger partial charge in [-0.3, -0.25) is 19.1 Å². The molecule has 2 N–H and O–H groups in total. The summed E-state index contributed by atoms with van der Waals surface area (Å²) in [6.07, 6.45) is 0. The minimum absolute atomic E-state index is 0.0678. The molecule has 8 heteroatoms. The highest BCUT2D eigenvalue weighted by Crippen LogP contribution is 2.25. The number of hydrogen-bond acceptors (Lipinski definition) is 5. The van der Waals surface area contributed by atoms with E-state index in [0.29, 0.717) is 11.4 Å². The zero-order valence-electron chi connectivity index (χ0n) is 17.2. The first kappa shape index (κ1) is 20.1. The standard InChI is InChI=1S/C23H20N4O4/c1-13-11-18(19-20(24-13)27(2)23(30)26-22(19)29)21(28)25-16-9-7-14(8-10-16)15-5-4-6-17(12-15)31-3/h4-12H,1-3H3,(H,25,28)(H,26,29,30). The molecule has 156 valence electrons. The van der Waals surface area contributed by atoms with Crippen molar-refractivity contribution in [2.24, 2.45) is 7.05 Å². The van der Waals surface area contributed by atoms with Gasteiger partial charge in [-0.05, 0) is 48.4 Å². The Morgan fingerprint density at radius 1 is 1.06 bits per heavy atom. The van der Waals surface area contributed by atoms with Crippen molar-refractivity contribution in [1.82, 2.24) is 14.5 Å². The number of rotatable bonds is 4. The van der Waals surface area contributed by atoms with Crippen LogP contribution in [0.15, 0.2) is 64.2 Å². The van der Waals surface area contributed by atoms with E-state index in [9.17, 15) is 14.4 Å². The predicted octanol–water partition coefficient (Wildman–Crippen LogP) is 2.86. The molecule has 4 aromatic rings. The molecular weight excluding hydrogens is 396 g/mol. The Hall–Kier alpha value is -4.20. The molecule has 0 spiro atoms. The van der Waals surface area contributed by atoms with Crippen molar-refractivity contribution in [1.29, 1.82) is 0 Å². The number of nitrogens with one attached hydrogen (secondary N) is 2. The van der Waals surface area contributed by atoms with Crippen LogP contribution in [0.4, 0.5) is 5.69 Å². The van der Waals surface area contributed by atoms with Crippen LogP contribution < -0.4 is 21.3 Å². The number of hydrogen-bond donors (Lipinski definition) is 2. The molecule has 31 heavy (non-hydrogen) atoms. The first-order chi connectivity index (χ1) is 14.9. The minimum Gasteiger partial charge on any atom is -0.497 e. The van der Waals surface area contributed by atoms with E-state index in [1.807, 2.05) is 36.4 Å². The minimum atomic E-state index is -0.649. The lowest BCUT2D eigenvalue weighted by atomic mass is 10.0. The van der Waals surface area contributed by atoms with Crippen LogP contribution in [0.1, 0.15) is 16.1 Å². The van der Waals surface area contributed by atoms with Gasteiger partial charge in [-0.15, -0.1) is 0 Å². The molecule has 0 aliphatic rings. The molecule has 4 rings (SSSR count). The van der Waals surface area contributed by atoms with E-state index in [0.717, 1.165) is 16.9 Å². The number of nitrogens with zero attached hydrogens (tertiary/aromatic N) is 2. The summed E-state index contributed by atoms with van der Waals surface area (Å²) in [5.74, 6) is 0.295. The van der Waals surface area contributed by atoms with Crippen LogP contribution in [0, 0.1) is 6.92 Å². The van der Waals surface area contributed by atoms with Gasteiger partial charge in [-0.2, -0.15) is 0 Å². The van der Waals surface area contributed by atoms with E-state index in [1.165, 1.54) is 17.7 Å². The first-order valence-electron chi connectivity index (χ1n) is 9.54. The molecule has 0 radical (unpaired) electrons. The topological polar surface area (TPSA) is 106 Å². The summed E-state index contributed by atoms with van der Waals surface area (Å²) < 4.78 is 6.47. The maximum atomic E-state index is 13.0. The highest BCUT2D eigenvalue weighted by atomic mass is 16.5. The maximum absolute atomic E-state index is 13.0. The molecule has 0 unspecified atom stereocenters. The second-order valence-electron chi connectivity index (χ2n) is 7.09. The van der Waals surface area contributed by atoms with Crippen LogP contribution in [0.3, 0.4) is 0 Å². The van der Waals surface area contributed by atoms with Crippen molar-refractivity contribution >= 4 is 22.6 Å². The van der Waals surface area contributed by atoms with Crippen molar-refractivity contribution in [2.75, 3.05) is 12.4 Å². The highest BCUT2D eigenvalue weighted by molar-refractivity contribution is 6.11. The molecule has 0 saturated heterocycles. The van der Waals surface area contributed by atoms with E-state index in [2.05, 4.69) is 15.3 Å². The van der Waals surface area contributed by atoms with Gasteiger partial charge in [0.05, 0.1) is 18.1 Å². The predicted molar refractivity (Wildman–Crippen MR) is 119 cm³/mol. The normalized spacial score (nSPS) is 10.8. The number of pyridine rings is 1. The Kier molecular flexibility index (Phi) is 5.12. The van der Waals surface area contributed by atoms with E-state index < -0.39 is 17.2 Å². The number of ether oxygens (including phenoxy) is 1. The Labute approximate surface area is 177 Å². The monoisotopic (exact) mass is 416 g/mol. The number of benzene rings is 2. The molecular formula is C23H20N4O4. The summed E-state index contributed by atoms with van der Waals surface area (Å²) in [6.45, 7) is 1.70. The van der Waals surface area contributed by atoms with E-state index in [1.54, 1.807) is 26.2 Å². The number of aromatic nitrogens is 3. The van der Waals surface area contributed by atoms with Crippen molar-refractivity contribution in [3.63, 3.8) is 0 Å². The van der Waals surface area contributed by atoms with Crippen LogP contribution in [-0.2, 0) is 7.05 Å². The molecule has 0 aliphatic heterocycles. The summed E-state index contributed by atoms with van der Waals surface area (Å²) in [6, 6.07) is 16.5. The number of aryl methyl sites for hydroxylation is 2. The third kappa shape index (κ3) is 3.83.